The molecule has 0 bridgehead atoms. The Morgan fingerprint density at radius 1 is 0.935 bits per heavy atom. The summed E-state index contributed by atoms with van der Waals surface area (Å²) in [5.41, 5.74) is 2.28. The van der Waals surface area contributed by atoms with E-state index in [0.29, 0.717) is 37.8 Å². The Kier molecular flexibility index (Phi) is 6.91. The molecule has 0 unspecified atom stereocenters. The molecule has 160 valence electrons. The van der Waals surface area contributed by atoms with Crippen molar-refractivity contribution in [2.45, 2.75) is 19.3 Å². The van der Waals surface area contributed by atoms with Crippen molar-refractivity contribution in [3.8, 4) is 11.3 Å². The predicted molar refractivity (Wildman–Crippen MR) is 129 cm³/mol. The third-order valence-corrected chi connectivity index (χ3v) is 6.28. The molecule has 4 rings (SSSR count). The Labute approximate surface area is 196 Å². The van der Waals surface area contributed by atoms with Crippen LogP contribution >= 0.6 is 34.8 Å². The molecule has 1 aliphatic rings. The maximum Gasteiger partial charge on any atom is 0.248 e. The summed E-state index contributed by atoms with van der Waals surface area (Å²) in [5, 5.41) is 4.46. The van der Waals surface area contributed by atoms with Crippen LogP contribution < -0.4 is 10.2 Å². The minimum absolute atomic E-state index is 0.265. The molecule has 31 heavy (non-hydrogen) atoms. The van der Waals surface area contributed by atoms with Crippen LogP contribution in [0, 0.1) is 0 Å². The van der Waals surface area contributed by atoms with E-state index in [-0.39, 0.29) is 5.91 Å². The fourth-order valence-corrected chi connectivity index (χ4v) is 4.36. The van der Waals surface area contributed by atoms with Crippen molar-refractivity contribution in [1.82, 2.24) is 0 Å². The Balaban J connectivity index is 1.48. The Bertz CT molecular complexity index is 1120. The number of rotatable bonds is 5. The van der Waals surface area contributed by atoms with Crippen LogP contribution in [0.25, 0.3) is 17.4 Å². The number of para-hydroxylation sites is 1. The van der Waals surface area contributed by atoms with Crippen LogP contribution in [0.4, 0.5) is 11.4 Å². The number of nitrogens with zero attached hydrogens (tertiary/aromatic N) is 1. The average Bonchev–Trinajstić information content (AvgIpc) is 3.24. The van der Waals surface area contributed by atoms with Gasteiger partial charge in [0.05, 0.1) is 26.4 Å². The molecule has 1 aliphatic heterocycles. The minimum Gasteiger partial charge on any atom is -0.457 e. The van der Waals surface area contributed by atoms with Crippen molar-refractivity contribution in [2.75, 3.05) is 23.3 Å². The van der Waals surface area contributed by atoms with Gasteiger partial charge in [0.15, 0.2) is 0 Å². The molecular formula is C24H21Cl3N2O2. The van der Waals surface area contributed by atoms with Crippen LogP contribution in [0.5, 0.6) is 0 Å². The highest BCUT2D eigenvalue weighted by molar-refractivity contribution is 6.43. The second kappa shape index (κ2) is 9.82. The van der Waals surface area contributed by atoms with Crippen LogP contribution in [-0.4, -0.2) is 19.0 Å². The molecule has 3 aromatic rings. The topological polar surface area (TPSA) is 45.5 Å². The van der Waals surface area contributed by atoms with Crippen LogP contribution in [0.1, 0.15) is 25.0 Å². The van der Waals surface area contributed by atoms with Crippen LogP contribution in [0.15, 0.2) is 59.0 Å². The largest absolute Gasteiger partial charge is 0.457 e. The van der Waals surface area contributed by atoms with Crippen molar-refractivity contribution >= 4 is 58.2 Å². The summed E-state index contributed by atoms with van der Waals surface area (Å²) in [7, 11) is 0. The number of nitrogens with one attached hydrogen (secondary N) is 1. The number of hydrogen-bond acceptors (Lipinski definition) is 3. The summed E-state index contributed by atoms with van der Waals surface area (Å²) >= 11 is 18.8. The van der Waals surface area contributed by atoms with Gasteiger partial charge in [-0.3, -0.25) is 4.79 Å². The first-order chi connectivity index (χ1) is 15.0. The van der Waals surface area contributed by atoms with Crippen molar-refractivity contribution in [2.24, 2.45) is 0 Å². The number of anilines is 2. The Hall–Kier alpha value is -2.40. The van der Waals surface area contributed by atoms with Crippen LogP contribution in [0.2, 0.25) is 15.1 Å². The lowest BCUT2D eigenvalue weighted by Crippen LogP contribution is -2.30. The summed E-state index contributed by atoms with van der Waals surface area (Å²) in [4.78, 5) is 14.8. The Morgan fingerprint density at radius 2 is 1.68 bits per heavy atom. The van der Waals surface area contributed by atoms with Gasteiger partial charge in [0.1, 0.15) is 11.5 Å². The molecule has 0 saturated carbocycles. The molecule has 0 atom stereocenters. The van der Waals surface area contributed by atoms with E-state index in [1.165, 1.54) is 12.5 Å². The summed E-state index contributed by atoms with van der Waals surface area (Å²) in [6.45, 7) is 1.87. The SMILES string of the molecule is O=C(/C=C/c1ccc(-c2cccc(Cl)c2Cl)o1)Nc1cccc(Cl)c1N1CCCCC1. The zero-order chi connectivity index (χ0) is 21.8. The number of piperidine rings is 1. The molecule has 2 aromatic carbocycles. The summed E-state index contributed by atoms with van der Waals surface area (Å²) in [5.74, 6) is 0.845. The first kappa shape index (κ1) is 21.8. The third-order valence-electron chi connectivity index (χ3n) is 5.16. The van der Waals surface area contributed by atoms with E-state index in [1.807, 2.05) is 24.3 Å². The number of carbonyl (C=O) groups is 1. The molecule has 7 heteroatoms. The highest BCUT2D eigenvalue weighted by Crippen LogP contribution is 2.36. The van der Waals surface area contributed by atoms with Crippen molar-refractivity contribution in [3.63, 3.8) is 0 Å². The summed E-state index contributed by atoms with van der Waals surface area (Å²) in [6.07, 6.45) is 6.51. The second-order valence-electron chi connectivity index (χ2n) is 7.31. The van der Waals surface area contributed by atoms with E-state index in [4.69, 9.17) is 39.2 Å². The van der Waals surface area contributed by atoms with Gasteiger partial charge in [0, 0.05) is 24.7 Å². The standard InChI is InChI=1S/C24H21Cl3N2O2/c25-18-7-4-6-17(23(18)27)21-12-10-16(31-21)11-13-22(30)28-20-9-5-8-19(26)24(20)29-14-2-1-3-15-29/h4-13H,1-3,14-15H2,(H,28,30)/b13-11+. The molecular weight excluding hydrogens is 455 g/mol. The van der Waals surface area contributed by atoms with Gasteiger partial charge in [0.25, 0.3) is 0 Å². The lowest BCUT2D eigenvalue weighted by atomic mass is 10.1. The normalized spacial score (nSPS) is 14.2. The van der Waals surface area contributed by atoms with Gasteiger partial charge < -0.3 is 14.6 Å². The molecule has 1 amide bonds. The van der Waals surface area contributed by atoms with E-state index in [2.05, 4.69) is 10.2 Å². The number of benzene rings is 2. The molecule has 1 N–H and O–H groups in total. The Morgan fingerprint density at radius 3 is 2.48 bits per heavy atom. The number of hydrogen-bond donors (Lipinski definition) is 1. The first-order valence-electron chi connectivity index (χ1n) is 10.1. The second-order valence-corrected chi connectivity index (χ2v) is 8.50. The van der Waals surface area contributed by atoms with Crippen LogP contribution in [0.3, 0.4) is 0 Å². The average molecular weight is 476 g/mol. The van der Waals surface area contributed by atoms with Crippen LogP contribution in [-0.2, 0) is 4.79 Å². The van der Waals surface area contributed by atoms with Crippen molar-refractivity contribution in [3.05, 3.63) is 75.4 Å². The van der Waals surface area contributed by atoms with Crippen molar-refractivity contribution < 1.29 is 9.21 Å². The van der Waals surface area contributed by atoms with Gasteiger partial charge in [-0.1, -0.05) is 46.9 Å². The maximum absolute atomic E-state index is 12.6. The third kappa shape index (κ3) is 5.09. The molecule has 0 aliphatic carbocycles. The zero-order valence-corrected chi connectivity index (χ0v) is 19.0. The van der Waals surface area contributed by atoms with Gasteiger partial charge in [-0.2, -0.15) is 0 Å². The maximum atomic E-state index is 12.6. The fraction of sp³-hybridized carbons (Fsp3) is 0.208. The summed E-state index contributed by atoms with van der Waals surface area (Å²) in [6, 6.07) is 14.5. The smallest absolute Gasteiger partial charge is 0.248 e. The number of furan rings is 1. The summed E-state index contributed by atoms with van der Waals surface area (Å²) < 4.78 is 5.80. The van der Waals surface area contributed by atoms with Gasteiger partial charge in [-0.25, -0.2) is 0 Å². The number of halogens is 3. The van der Waals surface area contributed by atoms with E-state index in [0.717, 1.165) is 31.6 Å². The monoisotopic (exact) mass is 474 g/mol. The minimum atomic E-state index is -0.265. The van der Waals surface area contributed by atoms with Gasteiger partial charge in [0.2, 0.25) is 5.91 Å². The predicted octanol–water partition coefficient (Wildman–Crippen LogP) is 7.55. The van der Waals surface area contributed by atoms with E-state index in [1.54, 1.807) is 30.3 Å². The lowest BCUT2D eigenvalue weighted by Gasteiger charge is -2.31. The molecule has 1 fully saturated rings. The fourth-order valence-electron chi connectivity index (χ4n) is 3.67. The van der Waals surface area contributed by atoms with Gasteiger partial charge >= 0.3 is 0 Å². The first-order valence-corrected chi connectivity index (χ1v) is 11.2. The van der Waals surface area contributed by atoms with E-state index >= 15 is 0 Å². The molecule has 1 saturated heterocycles. The molecule has 4 nitrogen and oxygen atoms in total. The number of carbonyl (C=O) groups excluding carboxylic acids is 1. The van der Waals surface area contributed by atoms with Crippen molar-refractivity contribution in [1.29, 1.82) is 0 Å². The molecule has 0 spiro atoms. The lowest BCUT2D eigenvalue weighted by molar-refractivity contribution is -0.111. The van der Waals surface area contributed by atoms with Gasteiger partial charge in [-0.05, 0) is 61.7 Å². The zero-order valence-electron chi connectivity index (χ0n) is 16.7. The van der Waals surface area contributed by atoms with E-state index < -0.39 is 0 Å². The number of amides is 1. The highest BCUT2D eigenvalue weighted by Gasteiger charge is 2.18. The molecule has 2 heterocycles. The van der Waals surface area contributed by atoms with E-state index in [9.17, 15) is 4.79 Å². The quantitative estimate of drug-likeness (QED) is 0.387. The molecule has 1 aromatic heterocycles. The molecule has 0 radical (unpaired) electrons. The highest BCUT2D eigenvalue weighted by atomic mass is 35.5. The van der Waals surface area contributed by atoms with Gasteiger partial charge in [-0.15, -0.1) is 0 Å².